The maximum atomic E-state index is 13.9. The Morgan fingerprint density at radius 2 is 1.83 bits per heavy atom. The highest BCUT2D eigenvalue weighted by molar-refractivity contribution is 7.23. The molecule has 3 aromatic carbocycles. The number of hydrogen-bond donors (Lipinski definition) is 0. The normalized spacial score (nSPS) is 10.9. The van der Waals surface area contributed by atoms with Crippen LogP contribution < -0.4 is 9.64 Å². The number of nitrogens with zero attached hydrogens (tertiary/aromatic N) is 2. The summed E-state index contributed by atoms with van der Waals surface area (Å²) in [7, 11) is 0. The van der Waals surface area contributed by atoms with Gasteiger partial charge in [-0.05, 0) is 36.2 Å². The van der Waals surface area contributed by atoms with Gasteiger partial charge in [-0.1, -0.05) is 71.5 Å². The van der Waals surface area contributed by atoms with Crippen LogP contribution in [0.5, 0.6) is 5.75 Å². The number of benzene rings is 3. The van der Waals surface area contributed by atoms with Crippen molar-refractivity contribution in [1.29, 1.82) is 0 Å². The van der Waals surface area contributed by atoms with Crippen molar-refractivity contribution in [2.75, 3.05) is 11.5 Å². The van der Waals surface area contributed by atoms with Gasteiger partial charge in [-0.3, -0.25) is 9.69 Å². The van der Waals surface area contributed by atoms with Crippen molar-refractivity contribution in [3.8, 4) is 5.75 Å². The van der Waals surface area contributed by atoms with Crippen LogP contribution in [0.25, 0.3) is 10.2 Å². The Labute approximate surface area is 182 Å². The van der Waals surface area contributed by atoms with Gasteiger partial charge in [0.2, 0.25) is 0 Å². The summed E-state index contributed by atoms with van der Waals surface area (Å²) in [6, 6.07) is 19.3. The summed E-state index contributed by atoms with van der Waals surface area (Å²) in [4.78, 5) is 19.3. The van der Waals surface area contributed by atoms with Gasteiger partial charge in [0.25, 0.3) is 5.91 Å². The van der Waals surface area contributed by atoms with Gasteiger partial charge >= 0.3 is 0 Å². The van der Waals surface area contributed by atoms with E-state index < -0.39 is 5.82 Å². The van der Waals surface area contributed by atoms with Crippen LogP contribution in [-0.2, 0) is 11.3 Å². The fourth-order valence-electron chi connectivity index (χ4n) is 3.01. The van der Waals surface area contributed by atoms with Gasteiger partial charge in [0.05, 0.1) is 21.8 Å². The lowest BCUT2D eigenvalue weighted by atomic mass is 10.2. The van der Waals surface area contributed by atoms with Crippen molar-refractivity contribution in [2.45, 2.75) is 13.5 Å². The Kier molecular flexibility index (Phi) is 5.97. The Hall–Kier alpha value is -2.96. The highest BCUT2D eigenvalue weighted by Crippen LogP contribution is 2.36. The van der Waals surface area contributed by atoms with Crippen LogP contribution in [0.3, 0.4) is 0 Å². The number of amides is 1. The molecule has 152 valence electrons. The Bertz CT molecular complexity index is 1160. The van der Waals surface area contributed by atoms with E-state index in [1.807, 2.05) is 49.4 Å². The van der Waals surface area contributed by atoms with E-state index in [0.717, 1.165) is 21.3 Å². The second-order valence-corrected chi connectivity index (χ2v) is 8.11. The topological polar surface area (TPSA) is 42.4 Å². The molecule has 0 saturated heterocycles. The number of ether oxygens (including phenoxy) is 1. The lowest BCUT2D eigenvalue weighted by Gasteiger charge is -2.20. The first-order valence-electron chi connectivity index (χ1n) is 9.30. The molecule has 0 fully saturated rings. The van der Waals surface area contributed by atoms with Crippen LogP contribution in [0, 0.1) is 12.7 Å². The minimum absolute atomic E-state index is 0.0358. The molecule has 4 aromatic rings. The third-order valence-electron chi connectivity index (χ3n) is 4.59. The number of aromatic nitrogens is 1. The van der Waals surface area contributed by atoms with E-state index in [4.69, 9.17) is 16.3 Å². The van der Waals surface area contributed by atoms with Crippen LogP contribution >= 0.6 is 22.9 Å². The molecule has 30 heavy (non-hydrogen) atoms. The summed E-state index contributed by atoms with van der Waals surface area (Å²) >= 11 is 7.70. The Balaban J connectivity index is 1.66. The molecule has 1 aromatic heterocycles. The summed E-state index contributed by atoms with van der Waals surface area (Å²) in [6.07, 6.45) is 0. The van der Waals surface area contributed by atoms with Crippen LogP contribution in [0.1, 0.15) is 11.1 Å². The van der Waals surface area contributed by atoms with E-state index in [1.165, 1.54) is 23.5 Å². The number of carbonyl (C=O) groups is 1. The molecule has 4 rings (SSSR count). The van der Waals surface area contributed by atoms with Gasteiger partial charge in [0.15, 0.2) is 23.3 Å². The average Bonchev–Trinajstić information content (AvgIpc) is 3.21. The van der Waals surface area contributed by atoms with Gasteiger partial charge in [0, 0.05) is 0 Å². The highest BCUT2D eigenvalue weighted by Gasteiger charge is 2.22. The summed E-state index contributed by atoms with van der Waals surface area (Å²) in [5.41, 5.74) is 2.69. The third kappa shape index (κ3) is 4.30. The first-order chi connectivity index (χ1) is 14.5. The predicted octanol–water partition coefficient (Wildman–Crippen LogP) is 6.01. The number of hydrogen-bond acceptors (Lipinski definition) is 4. The molecule has 0 spiro atoms. The van der Waals surface area contributed by atoms with Crippen LogP contribution in [-0.4, -0.2) is 17.5 Å². The van der Waals surface area contributed by atoms with Crippen LogP contribution in [0.4, 0.5) is 9.52 Å². The number of fused-ring (bicyclic) bond motifs is 1. The van der Waals surface area contributed by atoms with Crippen molar-refractivity contribution in [2.24, 2.45) is 0 Å². The van der Waals surface area contributed by atoms with Crippen molar-refractivity contribution in [1.82, 2.24) is 4.98 Å². The maximum Gasteiger partial charge on any atom is 0.267 e. The zero-order valence-electron chi connectivity index (χ0n) is 16.1. The number of anilines is 1. The first kappa shape index (κ1) is 20.3. The Morgan fingerprint density at radius 3 is 2.57 bits per heavy atom. The Morgan fingerprint density at radius 1 is 1.10 bits per heavy atom. The highest BCUT2D eigenvalue weighted by atomic mass is 35.5. The summed E-state index contributed by atoms with van der Waals surface area (Å²) in [6.45, 7) is 1.96. The minimum Gasteiger partial charge on any atom is -0.481 e. The molecule has 0 aliphatic rings. The molecular weight excluding hydrogens is 423 g/mol. The molecule has 0 saturated carbocycles. The number of carbonyl (C=O) groups excluding carboxylic acids is 1. The molecule has 1 heterocycles. The number of thiazole rings is 1. The molecular formula is C23H18ClFN2O2S. The van der Waals surface area contributed by atoms with Gasteiger partial charge in [-0.15, -0.1) is 0 Å². The molecule has 4 nitrogen and oxygen atoms in total. The molecule has 0 bridgehead atoms. The molecule has 0 unspecified atom stereocenters. The number of halogens is 2. The van der Waals surface area contributed by atoms with E-state index in [-0.39, 0.29) is 18.3 Å². The molecule has 0 N–H and O–H groups in total. The van der Waals surface area contributed by atoms with Crippen molar-refractivity contribution >= 4 is 44.2 Å². The fraction of sp³-hybridized carbons (Fsp3) is 0.130. The summed E-state index contributed by atoms with van der Waals surface area (Å²) in [5.74, 6) is -0.800. The van der Waals surface area contributed by atoms with Gasteiger partial charge in [-0.2, -0.15) is 0 Å². The first-order valence-corrected chi connectivity index (χ1v) is 10.5. The molecule has 0 aliphatic heterocycles. The minimum atomic E-state index is -0.512. The van der Waals surface area contributed by atoms with Gasteiger partial charge < -0.3 is 4.74 Å². The van der Waals surface area contributed by atoms with Crippen molar-refractivity contribution in [3.05, 3.63) is 88.7 Å². The zero-order chi connectivity index (χ0) is 21.1. The maximum absolute atomic E-state index is 13.9. The van der Waals surface area contributed by atoms with Crippen molar-refractivity contribution < 1.29 is 13.9 Å². The molecule has 0 aliphatic carbocycles. The predicted molar refractivity (Wildman–Crippen MR) is 119 cm³/mol. The molecule has 0 radical (unpaired) electrons. The number of para-hydroxylation sites is 1. The monoisotopic (exact) mass is 440 g/mol. The summed E-state index contributed by atoms with van der Waals surface area (Å²) < 4.78 is 20.1. The standard InChI is InChI=1S/C23H18ClFN2O2S/c1-15-11-12-17(24)22-21(15)26-23(30-22)27(13-16-7-3-2-4-8-16)20(28)14-29-19-10-6-5-9-18(19)25/h2-12H,13-14H2,1H3. The fourth-order valence-corrected chi connectivity index (χ4v) is 4.35. The SMILES string of the molecule is Cc1ccc(Cl)c2sc(N(Cc3ccccc3)C(=O)COc3ccccc3F)nc12. The van der Waals surface area contributed by atoms with Crippen LogP contribution in [0.15, 0.2) is 66.7 Å². The quantitative estimate of drug-likeness (QED) is 0.368. The van der Waals surface area contributed by atoms with Gasteiger partial charge in [0.1, 0.15) is 0 Å². The molecule has 1 amide bonds. The van der Waals surface area contributed by atoms with E-state index >= 15 is 0 Å². The average molecular weight is 441 g/mol. The van der Waals surface area contributed by atoms with E-state index in [1.54, 1.807) is 17.0 Å². The van der Waals surface area contributed by atoms with Crippen molar-refractivity contribution in [3.63, 3.8) is 0 Å². The largest absolute Gasteiger partial charge is 0.481 e. The summed E-state index contributed by atoms with van der Waals surface area (Å²) in [5, 5.41) is 1.11. The second kappa shape index (κ2) is 8.81. The van der Waals surface area contributed by atoms with E-state index in [2.05, 4.69) is 4.98 Å². The van der Waals surface area contributed by atoms with E-state index in [0.29, 0.717) is 16.7 Å². The number of rotatable bonds is 6. The second-order valence-electron chi connectivity index (χ2n) is 6.72. The number of aryl methyl sites for hydroxylation is 1. The van der Waals surface area contributed by atoms with Crippen LogP contribution in [0.2, 0.25) is 5.02 Å². The van der Waals surface area contributed by atoms with E-state index in [9.17, 15) is 9.18 Å². The molecule has 7 heteroatoms. The molecule has 0 atom stereocenters. The third-order valence-corrected chi connectivity index (χ3v) is 6.13. The lowest BCUT2D eigenvalue weighted by molar-refractivity contribution is -0.120. The van der Waals surface area contributed by atoms with Gasteiger partial charge in [-0.25, -0.2) is 9.37 Å². The zero-order valence-corrected chi connectivity index (χ0v) is 17.7. The lowest BCUT2D eigenvalue weighted by Crippen LogP contribution is -2.34. The smallest absolute Gasteiger partial charge is 0.267 e.